The second-order valence-electron chi connectivity index (χ2n) is 9.68. The maximum absolute atomic E-state index is 13.9. The fraction of sp³-hybridized carbons (Fsp3) is 0.520. The van der Waals surface area contributed by atoms with E-state index in [-0.39, 0.29) is 6.04 Å². The van der Waals surface area contributed by atoms with Gasteiger partial charge in [0, 0.05) is 6.04 Å². The molecule has 1 heterocycles. The van der Waals surface area contributed by atoms with Gasteiger partial charge in [0.25, 0.3) is 0 Å². The first-order chi connectivity index (χ1) is 14.6. The van der Waals surface area contributed by atoms with Gasteiger partial charge in [-0.2, -0.15) is 4.31 Å². The second-order valence-corrected chi connectivity index (χ2v) is 17.6. The van der Waals surface area contributed by atoms with Crippen LogP contribution in [0.1, 0.15) is 53.3 Å². The van der Waals surface area contributed by atoms with Crippen molar-refractivity contribution in [3.8, 4) is 0 Å². The largest absolute Gasteiger partial charge is 0.356 e. The SMILES string of the molecule is CC(C)[Si](CC1COC(c2ccccc2)N1S(=O)(=O)c1ccccc1)(C(C)C)C(C)C. The van der Waals surface area contributed by atoms with E-state index in [1.807, 2.05) is 36.4 Å². The van der Waals surface area contributed by atoms with E-state index in [9.17, 15) is 8.42 Å². The standard InChI is InChI=1S/C25H37NO3SSi/c1-19(2)31(20(3)4,21(5)6)18-23-17-29-25(22-13-9-7-10-14-22)26(23)30(27,28)24-15-11-8-12-16-24/h7-16,19-21,23,25H,17-18H2,1-6H3. The molecule has 1 fully saturated rings. The molecule has 6 heteroatoms. The van der Waals surface area contributed by atoms with E-state index in [0.717, 1.165) is 11.6 Å². The maximum atomic E-state index is 13.9. The van der Waals surface area contributed by atoms with Crippen LogP contribution in [-0.2, 0) is 14.8 Å². The Hall–Kier alpha value is -1.47. The third-order valence-corrected chi connectivity index (χ3v) is 16.8. The van der Waals surface area contributed by atoms with Gasteiger partial charge in [-0.15, -0.1) is 0 Å². The van der Waals surface area contributed by atoms with E-state index in [0.29, 0.717) is 28.1 Å². The summed E-state index contributed by atoms with van der Waals surface area (Å²) in [7, 11) is -5.53. The Morgan fingerprint density at radius 3 is 1.84 bits per heavy atom. The number of sulfonamides is 1. The lowest BCUT2D eigenvalue weighted by molar-refractivity contribution is 0.0681. The molecule has 170 valence electrons. The fourth-order valence-corrected chi connectivity index (χ4v) is 14.1. The van der Waals surface area contributed by atoms with Gasteiger partial charge in [-0.05, 0) is 23.7 Å². The van der Waals surface area contributed by atoms with E-state index in [1.54, 1.807) is 28.6 Å². The van der Waals surface area contributed by atoms with Crippen LogP contribution in [-0.4, -0.2) is 33.4 Å². The molecule has 0 aromatic heterocycles. The highest BCUT2D eigenvalue weighted by Crippen LogP contribution is 2.48. The van der Waals surface area contributed by atoms with Crippen LogP contribution in [0, 0.1) is 0 Å². The molecule has 3 rings (SSSR count). The molecular weight excluding hydrogens is 422 g/mol. The third kappa shape index (κ3) is 4.54. The maximum Gasteiger partial charge on any atom is 0.245 e. The van der Waals surface area contributed by atoms with Crippen LogP contribution >= 0.6 is 0 Å². The normalized spacial score (nSPS) is 20.8. The van der Waals surface area contributed by atoms with Crippen molar-refractivity contribution < 1.29 is 13.2 Å². The van der Waals surface area contributed by atoms with Crippen LogP contribution in [0.2, 0.25) is 22.7 Å². The molecule has 2 aromatic rings. The van der Waals surface area contributed by atoms with Gasteiger partial charge in [-0.1, -0.05) is 107 Å². The zero-order chi connectivity index (χ0) is 22.8. The van der Waals surface area contributed by atoms with Crippen LogP contribution in [0.4, 0.5) is 0 Å². The minimum Gasteiger partial charge on any atom is -0.356 e. The molecule has 4 nitrogen and oxygen atoms in total. The Kier molecular flexibility index (Phi) is 7.46. The summed E-state index contributed by atoms with van der Waals surface area (Å²) in [6, 6.07) is 19.3. The summed E-state index contributed by atoms with van der Waals surface area (Å²) < 4.78 is 35.7. The van der Waals surface area contributed by atoms with Crippen molar-refractivity contribution in [3.63, 3.8) is 0 Å². The minimum absolute atomic E-state index is 0.158. The first kappa shape index (κ1) is 24.2. The number of nitrogens with zero attached hydrogens (tertiary/aromatic N) is 1. The average molecular weight is 460 g/mol. The first-order valence-electron chi connectivity index (χ1n) is 11.4. The van der Waals surface area contributed by atoms with E-state index < -0.39 is 24.3 Å². The topological polar surface area (TPSA) is 46.6 Å². The predicted molar refractivity (Wildman–Crippen MR) is 130 cm³/mol. The molecule has 0 amide bonds. The smallest absolute Gasteiger partial charge is 0.245 e. The molecule has 1 saturated heterocycles. The van der Waals surface area contributed by atoms with Gasteiger partial charge in [0.2, 0.25) is 10.0 Å². The van der Waals surface area contributed by atoms with Crippen molar-refractivity contribution in [3.05, 3.63) is 66.2 Å². The monoisotopic (exact) mass is 459 g/mol. The third-order valence-electron chi connectivity index (χ3n) is 7.25. The second kappa shape index (κ2) is 9.57. The summed E-state index contributed by atoms with van der Waals surface area (Å²) in [6.45, 7) is 14.4. The quantitative estimate of drug-likeness (QED) is 0.426. The summed E-state index contributed by atoms with van der Waals surface area (Å²) in [4.78, 5) is 0.331. The Morgan fingerprint density at radius 1 is 0.871 bits per heavy atom. The van der Waals surface area contributed by atoms with E-state index in [2.05, 4.69) is 41.5 Å². The molecular formula is C25H37NO3SSi. The number of hydrogen-bond acceptors (Lipinski definition) is 3. The van der Waals surface area contributed by atoms with Crippen molar-refractivity contribution in [2.24, 2.45) is 0 Å². The summed E-state index contributed by atoms with van der Waals surface area (Å²) in [5.41, 5.74) is 2.56. The summed E-state index contributed by atoms with van der Waals surface area (Å²) in [6.07, 6.45) is -0.588. The van der Waals surface area contributed by atoms with Gasteiger partial charge in [-0.3, -0.25) is 0 Å². The molecule has 0 radical (unpaired) electrons. The zero-order valence-electron chi connectivity index (χ0n) is 19.7. The van der Waals surface area contributed by atoms with Gasteiger partial charge >= 0.3 is 0 Å². The van der Waals surface area contributed by atoms with Crippen LogP contribution in [0.25, 0.3) is 0 Å². The molecule has 2 unspecified atom stereocenters. The predicted octanol–water partition coefficient (Wildman–Crippen LogP) is 6.45. The molecule has 2 aromatic carbocycles. The molecule has 2 atom stereocenters. The lowest BCUT2D eigenvalue weighted by atomic mass is 10.2. The van der Waals surface area contributed by atoms with Crippen molar-refractivity contribution in [2.45, 2.75) is 81.4 Å². The van der Waals surface area contributed by atoms with E-state index >= 15 is 0 Å². The van der Waals surface area contributed by atoms with E-state index in [1.165, 1.54) is 0 Å². The Morgan fingerprint density at radius 2 is 1.35 bits per heavy atom. The summed E-state index contributed by atoms with van der Waals surface area (Å²) in [5.74, 6) is 0. The Labute approximate surface area is 189 Å². The zero-order valence-corrected chi connectivity index (χ0v) is 21.5. The van der Waals surface area contributed by atoms with Crippen molar-refractivity contribution in [1.82, 2.24) is 4.31 Å². The number of hydrogen-bond donors (Lipinski definition) is 0. The van der Waals surface area contributed by atoms with Gasteiger partial charge in [0.05, 0.1) is 19.6 Å². The van der Waals surface area contributed by atoms with Crippen molar-refractivity contribution in [2.75, 3.05) is 6.61 Å². The van der Waals surface area contributed by atoms with Gasteiger partial charge in [0.1, 0.15) is 6.23 Å². The van der Waals surface area contributed by atoms with Crippen LogP contribution in [0.5, 0.6) is 0 Å². The molecule has 1 aliphatic heterocycles. The lowest BCUT2D eigenvalue weighted by Crippen LogP contribution is -2.51. The summed E-state index contributed by atoms with van der Waals surface area (Å²) in [5, 5.41) is 0. The number of benzene rings is 2. The average Bonchev–Trinajstić information content (AvgIpc) is 3.17. The molecule has 0 saturated carbocycles. The molecule has 0 spiro atoms. The molecule has 0 N–H and O–H groups in total. The first-order valence-corrected chi connectivity index (χ1v) is 15.3. The van der Waals surface area contributed by atoms with Crippen LogP contribution in [0.3, 0.4) is 0 Å². The van der Waals surface area contributed by atoms with Gasteiger partial charge < -0.3 is 4.74 Å². The molecule has 0 aliphatic carbocycles. The van der Waals surface area contributed by atoms with E-state index in [4.69, 9.17) is 4.74 Å². The highest BCUT2D eigenvalue weighted by atomic mass is 32.2. The van der Waals surface area contributed by atoms with Crippen molar-refractivity contribution in [1.29, 1.82) is 0 Å². The van der Waals surface area contributed by atoms with Crippen LogP contribution < -0.4 is 0 Å². The summed E-state index contributed by atoms with van der Waals surface area (Å²) >= 11 is 0. The Balaban J connectivity index is 2.09. The Bertz CT molecular complexity index is 923. The van der Waals surface area contributed by atoms with Crippen molar-refractivity contribution >= 4 is 18.1 Å². The number of rotatable bonds is 8. The highest BCUT2D eigenvalue weighted by Gasteiger charge is 2.51. The fourth-order valence-electron chi connectivity index (χ4n) is 5.70. The number of ether oxygens (including phenoxy) is 1. The van der Waals surface area contributed by atoms with Gasteiger partial charge in [0.15, 0.2) is 0 Å². The molecule has 1 aliphatic rings. The molecule has 0 bridgehead atoms. The lowest BCUT2D eigenvalue weighted by Gasteiger charge is -2.45. The minimum atomic E-state index is -3.70. The van der Waals surface area contributed by atoms with Crippen LogP contribution in [0.15, 0.2) is 65.6 Å². The highest BCUT2D eigenvalue weighted by molar-refractivity contribution is 7.89. The molecule has 31 heavy (non-hydrogen) atoms. The van der Waals surface area contributed by atoms with Gasteiger partial charge in [-0.25, -0.2) is 8.42 Å².